The third-order valence-corrected chi connectivity index (χ3v) is 5.85. The molecule has 1 aromatic carbocycles. The second-order valence-corrected chi connectivity index (χ2v) is 7.65. The summed E-state index contributed by atoms with van der Waals surface area (Å²) in [6.45, 7) is 2.02. The number of hydrogen-bond acceptors (Lipinski definition) is 4. The molecule has 0 aliphatic heterocycles. The van der Waals surface area contributed by atoms with Crippen molar-refractivity contribution in [2.45, 2.75) is 37.1 Å². The van der Waals surface area contributed by atoms with Crippen molar-refractivity contribution in [1.29, 1.82) is 0 Å². The van der Waals surface area contributed by atoms with Crippen LogP contribution in [0.2, 0.25) is 0 Å². The van der Waals surface area contributed by atoms with Crippen molar-refractivity contribution < 1.29 is 4.21 Å². The average molecular weight is 352 g/mol. The van der Waals surface area contributed by atoms with Gasteiger partial charge in [-0.15, -0.1) is 0 Å². The minimum Gasteiger partial charge on any atom is -0.398 e. The summed E-state index contributed by atoms with van der Waals surface area (Å²) in [4.78, 5) is 9.25. The molecular weight excluding hydrogens is 332 g/mol. The fraction of sp³-hybridized carbons (Fsp3) is 0.263. The van der Waals surface area contributed by atoms with Crippen LogP contribution in [0.15, 0.2) is 47.8 Å². The molecule has 0 bridgehead atoms. The highest BCUT2D eigenvalue weighted by Crippen LogP contribution is 2.29. The lowest BCUT2D eigenvalue weighted by atomic mass is 10.2. The topological polar surface area (TPSA) is 73.8 Å². The Morgan fingerprint density at radius 2 is 2.04 bits per heavy atom. The number of nitrogens with zero attached hydrogens (tertiary/aromatic N) is 3. The van der Waals surface area contributed by atoms with Gasteiger partial charge in [-0.3, -0.25) is 8.78 Å². The zero-order chi connectivity index (χ0) is 17.4. The van der Waals surface area contributed by atoms with E-state index in [1.54, 1.807) is 6.20 Å². The highest BCUT2D eigenvalue weighted by molar-refractivity contribution is 7.84. The van der Waals surface area contributed by atoms with E-state index in [2.05, 4.69) is 4.98 Å². The lowest BCUT2D eigenvalue weighted by Gasteiger charge is -2.12. The summed E-state index contributed by atoms with van der Waals surface area (Å²) in [7, 11) is -1.29. The van der Waals surface area contributed by atoms with Crippen LogP contribution >= 0.6 is 0 Å². The summed E-state index contributed by atoms with van der Waals surface area (Å²) < 4.78 is 15.1. The summed E-state index contributed by atoms with van der Waals surface area (Å²) in [6, 6.07) is 11.5. The molecule has 6 heteroatoms. The van der Waals surface area contributed by atoms with Gasteiger partial charge in [-0.2, -0.15) is 0 Å². The maximum Gasteiger partial charge on any atom is 0.205 e. The molecule has 5 nitrogen and oxygen atoms in total. The lowest BCUT2D eigenvalue weighted by molar-refractivity contribution is 0.665. The molecule has 2 N–H and O–H groups in total. The van der Waals surface area contributed by atoms with Gasteiger partial charge in [0, 0.05) is 17.6 Å². The van der Waals surface area contributed by atoms with Gasteiger partial charge in [-0.1, -0.05) is 24.3 Å². The van der Waals surface area contributed by atoms with E-state index < -0.39 is 10.8 Å². The van der Waals surface area contributed by atoms with E-state index in [0.29, 0.717) is 16.6 Å². The van der Waals surface area contributed by atoms with Crippen LogP contribution in [0, 0.1) is 6.92 Å². The van der Waals surface area contributed by atoms with Crippen molar-refractivity contribution in [1.82, 2.24) is 14.5 Å². The van der Waals surface area contributed by atoms with Gasteiger partial charge in [0.1, 0.15) is 5.82 Å². The number of nitrogens with two attached hydrogens (primary N) is 1. The molecule has 1 aliphatic rings. The largest absolute Gasteiger partial charge is 0.398 e. The van der Waals surface area contributed by atoms with E-state index in [-0.39, 0.29) is 0 Å². The molecule has 25 heavy (non-hydrogen) atoms. The second kappa shape index (κ2) is 6.44. The van der Waals surface area contributed by atoms with Crippen LogP contribution in [-0.2, 0) is 29.4 Å². The maximum absolute atomic E-state index is 13.1. The standard InChI is InChI=1S/C19H20N4OS/c1-13-6-5-11-21-18(13)23-17-10-4-9-16(17)22-19(23)25(24)12-14-7-2-3-8-15(14)20/h2-3,5-8,11H,4,9-10,12,20H2,1H3. The highest BCUT2D eigenvalue weighted by atomic mass is 32.2. The van der Waals surface area contributed by atoms with Gasteiger partial charge >= 0.3 is 0 Å². The third kappa shape index (κ3) is 2.87. The summed E-state index contributed by atoms with van der Waals surface area (Å²) in [6.07, 6.45) is 4.74. The summed E-state index contributed by atoms with van der Waals surface area (Å²) >= 11 is 0. The number of aromatic nitrogens is 3. The van der Waals surface area contributed by atoms with E-state index in [4.69, 9.17) is 10.7 Å². The van der Waals surface area contributed by atoms with Crippen molar-refractivity contribution >= 4 is 16.5 Å². The predicted molar refractivity (Wildman–Crippen MR) is 99.1 cm³/mol. The van der Waals surface area contributed by atoms with Crippen LogP contribution in [0.25, 0.3) is 5.82 Å². The number of hydrogen-bond donors (Lipinski definition) is 1. The van der Waals surface area contributed by atoms with Gasteiger partial charge < -0.3 is 5.73 Å². The monoisotopic (exact) mass is 352 g/mol. The molecular formula is C19H20N4OS. The molecule has 3 aromatic rings. The molecule has 1 unspecified atom stereocenters. The number of nitrogen functional groups attached to an aromatic ring is 1. The second-order valence-electron chi connectivity index (χ2n) is 6.31. The molecule has 128 valence electrons. The predicted octanol–water partition coefficient (Wildman–Crippen LogP) is 2.95. The van der Waals surface area contributed by atoms with Crippen LogP contribution in [0.4, 0.5) is 5.69 Å². The Labute approximate surface area is 149 Å². The zero-order valence-corrected chi connectivity index (χ0v) is 14.9. The highest BCUT2D eigenvalue weighted by Gasteiger charge is 2.26. The summed E-state index contributed by atoms with van der Waals surface area (Å²) in [5.41, 5.74) is 10.8. The Morgan fingerprint density at radius 3 is 2.84 bits per heavy atom. The Hall–Kier alpha value is -2.47. The Balaban J connectivity index is 1.79. The average Bonchev–Trinajstić information content (AvgIpc) is 3.18. The minimum atomic E-state index is -1.29. The molecule has 1 atom stereocenters. The van der Waals surface area contributed by atoms with Crippen LogP contribution < -0.4 is 5.73 Å². The van der Waals surface area contributed by atoms with Crippen LogP contribution in [0.1, 0.15) is 28.9 Å². The minimum absolute atomic E-state index is 0.356. The molecule has 1 aliphatic carbocycles. The van der Waals surface area contributed by atoms with E-state index in [1.807, 2.05) is 47.9 Å². The Morgan fingerprint density at radius 1 is 1.20 bits per heavy atom. The van der Waals surface area contributed by atoms with E-state index in [0.717, 1.165) is 47.6 Å². The summed E-state index contributed by atoms with van der Waals surface area (Å²) in [5.74, 6) is 1.18. The molecule has 0 saturated heterocycles. The van der Waals surface area contributed by atoms with Gasteiger partial charge in [-0.05, 0) is 49.4 Å². The van der Waals surface area contributed by atoms with E-state index in [9.17, 15) is 4.21 Å². The van der Waals surface area contributed by atoms with Crippen molar-refractivity contribution in [2.75, 3.05) is 5.73 Å². The molecule has 2 heterocycles. The van der Waals surface area contributed by atoms with Crippen LogP contribution in [0.5, 0.6) is 0 Å². The molecule has 0 radical (unpaired) electrons. The molecule has 0 fully saturated rings. The maximum atomic E-state index is 13.1. The van der Waals surface area contributed by atoms with E-state index >= 15 is 0 Å². The first kappa shape index (κ1) is 16.0. The van der Waals surface area contributed by atoms with Gasteiger partial charge in [0.05, 0.1) is 22.2 Å². The number of fused-ring (bicyclic) bond motifs is 1. The quantitative estimate of drug-likeness (QED) is 0.733. The van der Waals surface area contributed by atoms with Gasteiger partial charge in [0.25, 0.3) is 0 Å². The summed E-state index contributed by atoms with van der Waals surface area (Å²) in [5, 5.41) is 0.578. The fourth-order valence-electron chi connectivity index (χ4n) is 3.31. The number of anilines is 1. The number of imidazole rings is 1. The Kier molecular flexibility index (Phi) is 4.13. The first-order valence-electron chi connectivity index (χ1n) is 8.39. The van der Waals surface area contributed by atoms with Gasteiger partial charge in [0.2, 0.25) is 5.16 Å². The number of para-hydroxylation sites is 1. The number of pyridine rings is 1. The Bertz CT molecular complexity index is 964. The smallest absolute Gasteiger partial charge is 0.205 e. The van der Waals surface area contributed by atoms with Crippen LogP contribution in [0.3, 0.4) is 0 Å². The van der Waals surface area contributed by atoms with Crippen molar-refractivity contribution in [3.63, 3.8) is 0 Å². The fourth-order valence-corrected chi connectivity index (χ4v) is 4.59. The molecule has 2 aromatic heterocycles. The first-order chi connectivity index (χ1) is 12.1. The van der Waals surface area contributed by atoms with Crippen LogP contribution in [-0.4, -0.2) is 18.7 Å². The molecule has 0 spiro atoms. The van der Waals surface area contributed by atoms with E-state index in [1.165, 1.54) is 0 Å². The SMILES string of the molecule is Cc1cccnc1-n1c(S(=O)Cc2ccccc2N)nc2c1CCC2. The number of aryl methyl sites for hydroxylation is 2. The normalized spacial score (nSPS) is 14.4. The molecule has 0 saturated carbocycles. The third-order valence-electron chi connectivity index (χ3n) is 4.59. The van der Waals surface area contributed by atoms with Gasteiger partial charge in [-0.25, -0.2) is 9.97 Å². The lowest BCUT2D eigenvalue weighted by Crippen LogP contribution is -2.11. The molecule has 4 rings (SSSR count). The number of rotatable bonds is 4. The van der Waals surface area contributed by atoms with Gasteiger partial charge in [0.15, 0.2) is 0 Å². The van der Waals surface area contributed by atoms with Crippen molar-refractivity contribution in [3.05, 3.63) is 65.1 Å². The zero-order valence-electron chi connectivity index (χ0n) is 14.1. The first-order valence-corrected chi connectivity index (χ1v) is 9.71. The number of benzene rings is 1. The van der Waals surface area contributed by atoms with Crippen molar-refractivity contribution in [2.24, 2.45) is 0 Å². The molecule has 0 amide bonds. The van der Waals surface area contributed by atoms with Crippen molar-refractivity contribution in [3.8, 4) is 5.82 Å².